The normalized spacial score (nSPS) is 28.5. The van der Waals surface area contributed by atoms with Crippen LogP contribution in [-0.4, -0.2) is 34.6 Å². The monoisotopic (exact) mass is 310 g/mol. The molecule has 3 rings (SSSR count). The van der Waals surface area contributed by atoms with Crippen molar-refractivity contribution >= 4 is 18.3 Å². The summed E-state index contributed by atoms with van der Waals surface area (Å²) >= 11 is 0. The summed E-state index contributed by atoms with van der Waals surface area (Å²) in [5.74, 6) is 0.195. The van der Waals surface area contributed by atoms with E-state index in [-0.39, 0.29) is 30.3 Å². The number of hydrogen-bond acceptors (Lipinski definition) is 3. The molecular formula is C16H23ClN2O2. The van der Waals surface area contributed by atoms with Gasteiger partial charge in [0.1, 0.15) is 0 Å². The summed E-state index contributed by atoms with van der Waals surface area (Å²) < 4.78 is 0. The van der Waals surface area contributed by atoms with Crippen LogP contribution in [-0.2, 0) is 17.8 Å². The van der Waals surface area contributed by atoms with Crippen molar-refractivity contribution in [1.82, 2.24) is 4.90 Å². The Morgan fingerprint density at radius 1 is 1.24 bits per heavy atom. The molecule has 1 amide bonds. The Morgan fingerprint density at radius 3 is 2.67 bits per heavy atom. The molecule has 0 radical (unpaired) electrons. The van der Waals surface area contributed by atoms with E-state index in [4.69, 9.17) is 5.73 Å². The molecule has 3 N–H and O–H groups in total. The van der Waals surface area contributed by atoms with Crippen LogP contribution in [0.2, 0.25) is 0 Å². The highest BCUT2D eigenvalue weighted by Gasteiger charge is 2.33. The molecule has 1 aromatic carbocycles. The van der Waals surface area contributed by atoms with Crippen LogP contribution in [0.4, 0.5) is 0 Å². The fraction of sp³-hybridized carbons (Fsp3) is 0.562. The predicted molar refractivity (Wildman–Crippen MR) is 84.1 cm³/mol. The van der Waals surface area contributed by atoms with Crippen molar-refractivity contribution in [2.75, 3.05) is 6.54 Å². The molecule has 1 heterocycles. The number of fused-ring (bicyclic) bond motifs is 1. The van der Waals surface area contributed by atoms with Gasteiger partial charge in [-0.15, -0.1) is 12.4 Å². The second-order valence-electron chi connectivity index (χ2n) is 6.02. The fourth-order valence-corrected chi connectivity index (χ4v) is 3.36. The highest BCUT2D eigenvalue weighted by molar-refractivity contribution is 5.85. The van der Waals surface area contributed by atoms with E-state index in [1.807, 2.05) is 11.0 Å². The predicted octanol–water partition coefficient (Wildman–Crippen LogP) is 1.48. The Bertz CT molecular complexity index is 509. The van der Waals surface area contributed by atoms with Gasteiger partial charge in [-0.05, 0) is 36.8 Å². The first-order chi connectivity index (χ1) is 9.65. The second kappa shape index (κ2) is 6.77. The highest BCUT2D eigenvalue weighted by atomic mass is 35.5. The van der Waals surface area contributed by atoms with Crippen molar-refractivity contribution in [3.8, 4) is 0 Å². The molecule has 1 fully saturated rings. The van der Waals surface area contributed by atoms with Gasteiger partial charge in [-0.3, -0.25) is 4.79 Å². The fourth-order valence-electron chi connectivity index (χ4n) is 3.36. The molecule has 0 bridgehead atoms. The topological polar surface area (TPSA) is 66.6 Å². The minimum atomic E-state index is -0.443. The van der Waals surface area contributed by atoms with Gasteiger partial charge in [-0.25, -0.2) is 0 Å². The molecule has 2 aliphatic rings. The number of nitrogens with zero attached hydrogens (tertiary/aromatic N) is 1. The van der Waals surface area contributed by atoms with Gasteiger partial charge in [0.05, 0.1) is 6.10 Å². The molecule has 1 aliphatic carbocycles. The average Bonchev–Trinajstić information content (AvgIpc) is 2.49. The number of hydrogen-bond donors (Lipinski definition) is 2. The summed E-state index contributed by atoms with van der Waals surface area (Å²) in [4.78, 5) is 14.6. The van der Waals surface area contributed by atoms with Crippen LogP contribution < -0.4 is 5.73 Å². The molecule has 0 spiro atoms. The second-order valence-corrected chi connectivity index (χ2v) is 6.02. The first-order valence-corrected chi connectivity index (χ1v) is 7.44. The number of rotatable bonds is 1. The van der Waals surface area contributed by atoms with Crippen LogP contribution >= 0.6 is 12.4 Å². The van der Waals surface area contributed by atoms with Crippen molar-refractivity contribution in [2.45, 2.75) is 44.4 Å². The summed E-state index contributed by atoms with van der Waals surface area (Å²) in [6, 6.07) is 8.07. The number of halogens is 1. The average molecular weight is 311 g/mol. The van der Waals surface area contributed by atoms with Crippen molar-refractivity contribution in [2.24, 2.45) is 11.7 Å². The molecule has 0 saturated heterocycles. The minimum absolute atomic E-state index is 0. The van der Waals surface area contributed by atoms with E-state index in [1.165, 1.54) is 11.1 Å². The third-order valence-corrected chi connectivity index (χ3v) is 4.65. The maximum Gasteiger partial charge on any atom is 0.226 e. The lowest BCUT2D eigenvalue weighted by molar-refractivity contribution is -0.138. The number of amides is 1. The molecule has 3 atom stereocenters. The van der Waals surface area contributed by atoms with Crippen molar-refractivity contribution in [1.29, 1.82) is 0 Å². The van der Waals surface area contributed by atoms with E-state index >= 15 is 0 Å². The van der Waals surface area contributed by atoms with Crippen LogP contribution in [0.1, 0.15) is 30.4 Å². The van der Waals surface area contributed by atoms with Crippen LogP contribution in [0.15, 0.2) is 24.3 Å². The molecule has 1 aliphatic heterocycles. The number of aliphatic hydroxyl groups is 1. The van der Waals surface area contributed by atoms with Gasteiger partial charge in [0.25, 0.3) is 0 Å². The minimum Gasteiger partial charge on any atom is -0.392 e. The molecule has 0 unspecified atom stereocenters. The van der Waals surface area contributed by atoms with Crippen LogP contribution in [0.3, 0.4) is 0 Å². The smallest absolute Gasteiger partial charge is 0.226 e. The van der Waals surface area contributed by atoms with Gasteiger partial charge in [-0.1, -0.05) is 24.3 Å². The quantitative estimate of drug-likeness (QED) is 0.826. The third kappa shape index (κ3) is 3.39. The number of aliphatic hydroxyl groups excluding tert-OH is 1. The van der Waals surface area contributed by atoms with Gasteiger partial charge in [0, 0.05) is 25.0 Å². The number of benzene rings is 1. The van der Waals surface area contributed by atoms with Gasteiger partial charge in [-0.2, -0.15) is 0 Å². The zero-order chi connectivity index (χ0) is 14.1. The van der Waals surface area contributed by atoms with Crippen LogP contribution in [0.5, 0.6) is 0 Å². The lowest BCUT2D eigenvalue weighted by Gasteiger charge is -2.35. The van der Waals surface area contributed by atoms with Crippen molar-refractivity contribution in [3.63, 3.8) is 0 Å². The lowest BCUT2D eigenvalue weighted by Crippen LogP contribution is -2.47. The van der Waals surface area contributed by atoms with E-state index in [9.17, 15) is 9.90 Å². The first-order valence-electron chi connectivity index (χ1n) is 7.44. The van der Waals surface area contributed by atoms with E-state index in [1.54, 1.807) is 0 Å². The molecule has 116 valence electrons. The zero-order valence-corrected chi connectivity index (χ0v) is 12.9. The molecular weight excluding hydrogens is 288 g/mol. The summed E-state index contributed by atoms with van der Waals surface area (Å²) in [6.07, 6.45) is 2.50. The van der Waals surface area contributed by atoms with Gasteiger partial charge < -0.3 is 15.7 Å². The summed E-state index contributed by atoms with van der Waals surface area (Å²) in [5.41, 5.74) is 8.50. The van der Waals surface area contributed by atoms with Gasteiger partial charge in [0.15, 0.2) is 0 Å². The van der Waals surface area contributed by atoms with Crippen LogP contribution in [0.25, 0.3) is 0 Å². The van der Waals surface area contributed by atoms with E-state index in [0.29, 0.717) is 19.4 Å². The molecule has 21 heavy (non-hydrogen) atoms. The number of carbonyl (C=O) groups excluding carboxylic acids is 1. The Hall–Kier alpha value is -1.10. The van der Waals surface area contributed by atoms with E-state index < -0.39 is 6.10 Å². The van der Waals surface area contributed by atoms with Gasteiger partial charge in [0.2, 0.25) is 5.91 Å². The van der Waals surface area contributed by atoms with Crippen molar-refractivity contribution < 1.29 is 9.90 Å². The summed E-state index contributed by atoms with van der Waals surface area (Å²) in [6.45, 7) is 1.51. The Morgan fingerprint density at radius 2 is 1.95 bits per heavy atom. The standard InChI is InChI=1S/C16H22N2O2.ClH/c17-14-9-12(5-6-15(14)19)16(20)18-8-7-11-3-1-2-4-13(11)10-18;/h1-4,12,14-15,19H,5-10,17H2;1H/t12-,14+,15+;/m0./s1. The number of nitrogens with two attached hydrogens (primary N) is 1. The van der Waals surface area contributed by atoms with E-state index in [2.05, 4.69) is 18.2 Å². The third-order valence-electron chi connectivity index (χ3n) is 4.65. The lowest BCUT2D eigenvalue weighted by atomic mass is 9.83. The Balaban J connectivity index is 0.00000161. The summed E-state index contributed by atoms with van der Waals surface area (Å²) in [5, 5.41) is 9.67. The largest absolute Gasteiger partial charge is 0.392 e. The molecule has 4 nitrogen and oxygen atoms in total. The molecule has 5 heteroatoms. The van der Waals surface area contributed by atoms with Crippen LogP contribution in [0, 0.1) is 5.92 Å². The number of carbonyl (C=O) groups is 1. The SMILES string of the molecule is Cl.N[C@@H]1C[C@@H](C(=O)N2CCc3ccccc3C2)CC[C@H]1O. The first kappa shape index (κ1) is 16.3. The zero-order valence-electron chi connectivity index (χ0n) is 12.1. The molecule has 1 aromatic rings. The maximum atomic E-state index is 12.6. The Kier molecular flexibility index (Phi) is 5.25. The van der Waals surface area contributed by atoms with E-state index in [0.717, 1.165) is 19.4 Å². The Labute approximate surface area is 131 Å². The molecule has 1 saturated carbocycles. The maximum absolute atomic E-state index is 12.6. The van der Waals surface area contributed by atoms with Gasteiger partial charge >= 0.3 is 0 Å². The van der Waals surface area contributed by atoms with Crippen molar-refractivity contribution in [3.05, 3.63) is 35.4 Å². The highest BCUT2D eigenvalue weighted by Crippen LogP contribution is 2.27. The molecule has 0 aromatic heterocycles. The summed E-state index contributed by atoms with van der Waals surface area (Å²) in [7, 11) is 0.